The quantitative estimate of drug-likeness (QED) is 0.703. The molecule has 0 fully saturated rings. The zero-order valence-electron chi connectivity index (χ0n) is 14.2. The molecule has 1 aromatic carbocycles. The summed E-state index contributed by atoms with van der Waals surface area (Å²) >= 11 is 6.21. The van der Waals surface area contributed by atoms with Gasteiger partial charge in [-0.25, -0.2) is 0 Å². The number of hydrogen-bond acceptors (Lipinski definition) is 1. The molecule has 1 aliphatic rings. The van der Waals surface area contributed by atoms with Crippen molar-refractivity contribution in [1.82, 2.24) is 5.32 Å². The van der Waals surface area contributed by atoms with Crippen LogP contribution in [0.5, 0.6) is 0 Å². The lowest BCUT2D eigenvalue weighted by Gasteiger charge is -2.31. The minimum Gasteiger partial charge on any atom is -0.307 e. The molecule has 1 nitrogen and oxygen atoms in total. The minimum absolute atomic E-state index is 0.263. The van der Waals surface area contributed by atoms with Crippen LogP contribution in [0.2, 0.25) is 5.02 Å². The molecule has 2 heteroatoms. The maximum absolute atomic E-state index is 6.21. The molecule has 0 bridgehead atoms. The number of fused-ring (bicyclic) bond motifs is 1. The largest absolute Gasteiger partial charge is 0.307 e. The molecule has 0 spiro atoms. The van der Waals surface area contributed by atoms with E-state index in [0.717, 1.165) is 17.4 Å². The van der Waals surface area contributed by atoms with Crippen LogP contribution >= 0.6 is 11.6 Å². The van der Waals surface area contributed by atoms with Crippen molar-refractivity contribution in [1.29, 1.82) is 0 Å². The molecular formula is C19H30ClN. The lowest BCUT2D eigenvalue weighted by atomic mass is 9.84. The van der Waals surface area contributed by atoms with Gasteiger partial charge in [-0.15, -0.1) is 0 Å². The molecule has 0 radical (unpaired) electrons. The van der Waals surface area contributed by atoms with Gasteiger partial charge in [-0.05, 0) is 54.4 Å². The fourth-order valence-electron chi connectivity index (χ4n) is 3.52. The van der Waals surface area contributed by atoms with Crippen molar-refractivity contribution < 1.29 is 0 Å². The summed E-state index contributed by atoms with van der Waals surface area (Å²) < 4.78 is 0. The Morgan fingerprint density at radius 1 is 1.24 bits per heavy atom. The van der Waals surface area contributed by atoms with Gasteiger partial charge < -0.3 is 5.32 Å². The molecular weight excluding hydrogens is 278 g/mol. The number of halogens is 1. The second kappa shape index (κ2) is 6.71. The van der Waals surface area contributed by atoms with Crippen LogP contribution in [-0.2, 0) is 6.42 Å². The Hall–Kier alpha value is -0.530. The highest BCUT2D eigenvalue weighted by atomic mass is 35.5. The first-order valence-electron chi connectivity index (χ1n) is 8.34. The van der Waals surface area contributed by atoms with Gasteiger partial charge in [-0.1, -0.05) is 58.2 Å². The smallest absolute Gasteiger partial charge is 0.0409 e. The second-order valence-electron chi connectivity index (χ2n) is 7.83. The van der Waals surface area contributed by atoms with Crippen molar-refractivity contribution in [2.24, 2.45) is 11.3 Å². The Kier molecular flexibility index (Phi) is 5.38. The molecule has 0 amide bonds. The molecule has 0 aliphatic heterocycles. The van der Waals surface area contributed by atoms with Crippen LogP contribution in [0.4, 0.5) is 0 Å². The maximum Gasteiger partial charge on any atom is 0.0409 e. The molecule has 0 saturated carbocycles. The molecule has 118 valence electrons. The highest BCUT2D eigenvalue weighted by Gasteiger charge is 2.39. The minimum atomic E-state index is 0.263. The van der Waals surface area contributed by atoms with E-state index in [9.17, 15) is 0 Å². The summed E-state index contributed by atoms with van der Waals surface area (Å²) in [5, 5.41) is 4.72. The molecule has 2 rings (SSSR count). The van der Waals surface area contributed by atoms with Crippen molar-refractivity contribution in [3.8, 4) is 0 Å². The lowest BCUT2D eigenvalue weighted by molar-refractivity contribution is 0.245. The predicted molar refractivity (Wildman–Crippen MR) is 93.0 cm³/mol. The first-order chi connectivity index (χ1) is 9.79. The normalized spacial score (nSPS) is 21.6. The van der Waals surface area contributed by atoms with Crippen molar-refractivity contribution in [3.63, 3.8) is 0 Å². The molecule has 0 heterocycles. The average Bonchev–Trinajstić information content (AvgIpc) is 2.60. The Bertz CT molecular complexity index is 478. The van der Waals surface area contributed by atoms with E-state index in [1.807, 2.05) is 6.07 Å². The van der Waals surface area contributed by atoms with Crippen molar-refractivity contribution >= 4 is 11.6 Å². The van der Waals surface area contributed by atoms with Gasteiger partial charge in [0, 0.05) is 17.1 Å². The van der Waals surface area contributed by atoms with E-state index in [1.54, 1.807) is 0 Å². The third-order valence-electron chi connectivity index (χ3n) is 4.72. The van der Waals surface area contributed by atoms with E-state index in [2.05, 4.69) is 52.1 Å². The van der Waals surface area contributed by atoms with E-state index in [-0.39, 0.29) is 5.41 Å². The number of nitrogens with one attached hydrogen (secondary N) is 1. The Balaban J connectivity index is 2.03. The average molecular weight is 308 g/mol. The van der Waals surface area contributed by atoms with E-state index in [1.165, 1.54) is 30.4 Å². The Labute approximate surface area is 135 Å². The van der Waals surface area contributed by atoms with Gasteiger partial charge in [-0.2, -0.15) is 0 Å². The summed E-state index contributed by atoms with van der Waals surface area (Å²) in [5.74, 6) is 0.805. The SMILES string of the molecule is CC(C)CCCC(C)NC1c2cc(Cl)ccc2CC1(C)C. The summed E-state index contributed by atoms with van der Waals surface area (Å²) in [6.07, 6.45) is 5.01. The van der Waals surface area contributed by atoms with Crippen molar-refractivity contribution in [2.75, 3.05) is 0 Å². The van der Waals surface area contributed by atoms with Gasteiger partial charge >= 0.3 is 0 Å². The summed E-state index contributed by atoms with van der Waals surface area (Å²) in [5.41, 5.74) is 3.12. The first kappa shape index (κ1) is 16.8. The molecule has 1 aromatic rings. The maximum atomic E-state index is 6.21. The standard InChI is InChI=1S/C19H30ClN/c1-13(2)7-6-8-14(3)21-18-17-11-16(20)10-9-15(17)12-19(18,4)5/h9-11,13-14,18,21H,6-8,12H2,1-5H3. The van der Waals surface area contributed by atoms with Crippen LogP contribution in [0, 0.1) is 11.3 Å². The molecule has 1 aliphatic carbocycles. The number of hydrogen-bond donors (Lipinski definition) is 1. The molecule has 21 heavy (non-hydrogen) atoms. The van der Waals surface area contributed by atoms with E-state index in [0.29, 0.717) is 12.1 Å². The van der Waals surface area contributed by atoms with Gasteiger partial charge in [0.2, 0.25) is 0 Å². The van der Waals surface area contributed by atoms with Crippen molar-refractivity contribution in [3.05, 3.63) is 34.3 Å². The first-order valence-corrected chi connectivity index (χ1v) is 8.72. The molecule has 0 saturated heterocycles. The topological polar surface area (TPSA) is 12.0 Å². The Morgan fingerprint density at radius 3 is 2.62 bits per heavy atom. The van der Waals surface area contributed by atoms with Crippen molar-refractivity contribution in [2.45, 2.75) is 72.4 Å². The lowest BCUT2D eigenvalue weighted by Crippen LogP contribution is -2.37. The number of rotatable bonds is 6. The summed E-state index contributed by atoms with van der Waals surface area (Å²) in [6.45, 7) is 11.6. The van der Waals surface area contributed by atoms with Crippen LogP contribution in [-0.4, -0.2) is 6.04 Å². The van der Waals surface area contributed by atoms with Gasteiger partial charge in [0.05, 0.1) is 0 Å². The monoisotopic (exact) mass is 307 g/mol. The summed E-state index contributed by atoms with van der Waals surface area (Å²) in [4.78, 5) is 0. The molecule has 2 atom stereocenters. The predicted octanol–water partition coefficient (Wildman–Crippen LogP) is 5.77. The van der Waals surface area contributed by atoms with Gasteiger partial charge in [0.1, 0.15) is 0 Å². The molecule has 2 unspecified atom stereocenters. The highest BCUT2D eigenvalue weighted by molar-refractivity contribution is 6.30. The van der Waals surface area contributed by atoms with Crippen LogP contribution in [0.3, 0.4) is 0 Å². The highest BCUT2D eigenvalue weighted by Crippen LogP contribution is 2.46. The second-order valence-corrected chi connectivity index (χ2v) is 8.27. The fraction of sp³-hybridized carbons (Fsp3) is 0.684. The van der Waals surface area contributed by atoms with E-state index < -0.39 is 0 Å². The van der Waals surface area contributed by atoms with Gasteiger partial charge in [0.25, 0.3) is 0 Å². The van der Waals surface area contributed by atoms with Gasteiger partial charge in [0.15, 0.2) is 0 Å². The van der Waals surface area contributed by atoms with E-state index >= 15 is 0 Å². The zero-order chi connectivity index (χ0) is 15.6. The number of benzene rings is 1. The third-order valence-corrected chi connectivity index (χ3v) is 4.95. The van der Waals surface area contributed by atoms with Crippen LogP contribution in [0.15, 0.2) is 18.2 Å². The van der Waals surface area contributed by atoms with Crippen LogP contribution in [0.1, 0.15) is 71.0 Å². The third kappa shape index (κ3) is 4.23. The Morgan fingerprint density at radius 2 is 1.95 bits per heavy atom. The van der Waals surface area contributed by atoms with E-state index in [4.69, 9.17) is 11.6 Å². The van der Waals surface area contributed by atoms with Crippen LogP contribution in [0.25, 0.3) is 0 Å². The fourth-order valence-corrected chi connectivity index (χ4v) is 3.71. The van der Waals surface area contributed by atoms with Gasteiger partial charge in [-0.3, -0.25) is 0 Å². The molecule has 0 aromatic heterocycles. The van der Waals surface area contributed by atoms with Crippen LogP contribution < -0.4 is 5.32 Å². The molecule has 1 N–H and O–H groups in total. The zero-order valence-corrected chi connectivity index (χ0v) is 14.9. The summed E-state index contributed by atoms with van der Waals surface area (Å²) in [7, 11) is 0. The summed E-state index contributed by atoms with van der Waals surface area (Å²) in [6, 6.07) is 7.35.